The number of nitrogens with zero attached hydrogens (tertiary/aromatic N) is 1. The van der Waals surface area contributed by atoms with Crippen molar-refractivity contribution >= 4 is 5.69 Å². The topological polar surface area (TPSA) is 35.8 Å². The number of benzene rings is 2. The minimum atomic E-state index is -0.676. The molecule has 2 aromatic rings. The van der Waals surface area contributed by atoms with Gasteiger partial charge in [-0.25, -0.2) is 13.2 Å². The quantitative estimate of drug-likeness (QED) is 0.917. The second-order valence-electron chi connectivity index (χ2n) is 3.93. The van der Waals surface area contributed by atoms with Crippen molar-refractivity contribution in [1.82, 2.24) is 0 Å². The van der Waals surface area contributed by atoms with Gasteiger partial charge in [0.05, 0.1) is 11.6 Å². The van der Waals surface area contributed by atoms with Gasteiger partial charge >= 0.3 is 0 Å². The minimum Gasteiger partial charge on any atom is -0.381 e. The Morgan fingerprint density at radius 1 is 1.00 bits per heavy atom. The zero-order chi connectivity index (χ0) is 13.8. The summed E-state index contributed by atoms with van der Waals surface area (Å²) in [5.74, 6) is -1.88. The molecule has 2 nitrogen and oxygen atoms in total. The van der Waals surface area contributed by atoms with Gasteiger partial charge in [-0.05, 0) is 24.3 Å². The van der Waals surface area contributed by atoms with Crippen LogP contribution >= 0.6 is 0 Å². The van der Waals surface area contributed by atoms with Gasteiger partial charge < -0.3 is 5.32 Å². The van der Waals surface area contributed by atoms with Crippen molar-refractivity contribution in [3.05, 3.63) is 65.0 Å². The van der Waals surface area contributed by atoms with Gasteiger partial charge in [0.25, 0.3) is 0 Å². The van der Waals surface area contributed by atoms with Crippen LogP contribution in [0.4, 0.5) is 18.9 Å². The van der Waals surface area contributed by atoms with Gasteiger partial charge in [-0.3, -0.25) is 0 Å². The Morgan fingerprint density at radius 2 is 1.79 bits per heavy atom. The summed E-state index contributed by atoms with van der Waals surface area (Å²) < 4.78 is 39.2. The predicted molar refractivity (Wildman–Crippen MR) is 64.8 cm³/mol. The first-order valence-electron chi connectivity index (χ1n) is 5.47. The van der Waals surface area contributed by atoms with Gasteiger partial charge in [0.1, 0.15) is 17.5 Å². The number of hydrogen-bond donors (Lipinski definition) is 1. The van der Waals surface area contributed by atoms with E-state index in [4.69, 9.17) is 5.26 Å². The molecule has 0 saturated heterocycles. The molecule has 0 saturated carbocycles. The highest BCUT2D eigenvalue weighted by molar-refractivity contribution is 5.50. The van der Waals surface area contributed by atoms with Crippen LogP contribution in [0.15, 0.2) is 36.4 Å². The van der Waals surface area contributed by atoms with Crippen LogP contribution in [-0.4, -0.2) is 0 Å². The van der Waals surface area contributed by atoms with E-state index in [1.165, 1.54) is 18.2 Å². The summed E-state index contributed by atoms with van der Waals surface area (Å²) in [6.45, 7) is 0.0699. The molecular weight excluding hydrogens is 253 g/mol. The van der Waals surface area contributed by atoms with Crippen LogP contribution in [0.1, 0.15) is 11.1 Å². The molecule has 0 aliphatic carbocycles. The van der Waals surface area contributed by atoms with Crippen molar-refractivity contribution in [2.75, 3.05) is 5.32 Å². The number of nitriles is 1. The molecule has 0 unspecified atom stereocenters. The second-order valence-corrected chi connectivity index (χ2v) is 3.93. The van der Waals surface area contributed by atoms with Crippen LogP contribution < -0.4 is 5.32 Å². The number of rotatable bonds is 3. The lowest BCUT2D eigenvalue weighted by Gasteiger charge is -2.08. The molecule has 2 aromatic carbocycles. The third-order valence-corrected chi connectivity index (χ3v) is 2.52. The van der Waals surface area contributed by atoms with E-state index in [0.29, 0.717) is 5.69 Å². The van der Waals surface area contributed by atoms with E-state index in [2.05, 4.69) is 5.32 Å². The van der Waals surface area contributed by atoms with Gasteiger partial charge in [0, 0.05) is 23.9 Å². The lowest BCUT2D eigenvalue weighted by Crippen LogP contribution is -2.02. The highest BCUT2D eigenvalue weighted by atomic mass is 19.1. The highest BCUT2D eigenvalue weighted by Crippen LogP contribution is 2.16. The molecule has 2 rings (SSSR count). The Balaban J connectivity index is 2.14. The smallest absolute Gasteiger partial charge is 0.131 e. The molecule has 0 aromatic heterocycles. The van der Waals surface area contributed by atoms with Gasteiger partial charge in [-0.15, -0.1) is 0 Å². The number of anilines is 1. The Labute approximate surface area is 108 Å². The number of halogens is 3. The Hall–Kier alpha value is -2.48. The van der Waals surface area contributed by atoms with E-state index in [-0.39, 0.29) is 17.7 Å². The minimum absolute atomic E-state index is 0.0699. The van der Waals surface area contributed by atoms with Crippen LogP contribution in [0, 0.1) is 28.8 Å². The predicted octanol–water partition coefficient (Wildman–Crippen LogP) is 3.59. The first-order chi connectivity index (χ1) is 9.08. The number of hydrogen-bond acceptors (Lipinski definition) is 2. The van der Waals surface area contributed by atoms with E-state index in [1.54, 1.807) is 0 Å². The molecule has 0 radical (unpaired) electrons. The Kier molecular flexibility index (Phi) is 3.71. The molecule has 1 N–H and O–H groups in total. The summed E-state index contributed by atoms with van der Waals surface area (Å²) in [4.78, 5) is 0. The number of nitrogens with one attached hydrogen (secondary N) is 1. The molecule has 0 fully saturated rings. The fourth-order valence-corrected chi connectivity index (χ4v) is 1.62. The molecule has 5 heteroatoms. The van der Waals surface area contributed by atoms with Crippen molar-refractivity contribution < 1.29 is 13.2 Å². The Bertz CT molecular complexity index is 648. The summed E-state index contributed by atoms with van der Waals surface area (Å²) in [7, 11) is 0. The zero-order valence-electron chi connectivity index (χ0n) is 9.75. The van der Waals surface area contributed by atoms with Crippen molar-refractivity contribution in [2.45, 2.75) is 6.54 Å². The monoisotopic (exact) mass is 262 g/mol. The molecule has 0 bridgehead atoms. The maximum absolute atomic E-state index is 13.4. The first-order valence-corrected chi connectivity index (χ1v) is 5.47. The van der Waals surface area contributed by atoms with Gasteiger partial charge in [-0.2, -0.15) is 5.26 Å². The van der Waals surface area contributed by atoms with Crippen molar-refractivity contribution in [3.8, 4) is 6.07 Å². The second kappa shape index (κ2) is 5.44. The molecule has 0 amide bonds. The maximum atomic E-state index is 13.4. The van der Waals surface area contributed by atoms with E-state index in [1.807, 2.05) is 6.07 Å². The molecular formula is C14H9F3N2. The highest BCUT2D eigenvalue weighted by Gasteiger charge is 2.05. The van der Waals surface area contributed by atoms with E-state index in [9.17, 15) is 13.2 Å². The van der Waals surface area contributed by atoms with Crippen LogP contribution in [0.5, 0.6) is 0 Å². The van der Waals surface area contributed by atoms with Gasteiger partial charge in [0.15, 0.2) is 0 Å². The summed E-state index contributed by atoms with van der Waals surface area (Å²) in [5, 5.41) is 11.5. The van der Waals surface area contributed by atoms with Crippen molar-refractivity contribution in [2.24, 2.45) is 0 Å². The lowest BCUT2D eigenvalue weighted by atomic mass is 10.2. The fourth-order valence-electron chi connectivity index (χ4n) is 1.62. The summed E-state index contributed by atoms with van der Waals surface area (Å²) >= 11 is 0. The van der Waals surface area contributed by atoms with E-state index >= 15 is 0 Å². The summed E-state index contributed by atoms with van der Waals surface area (Å²) in [6.07, 6.45) is 0. The summed E-state index contributed by atoms with van der Waals surface area (Å²) in [5.41, 5.74) is 0.784. The first kappa shape index (κ1) is 13.0. The molecule has 0 spiro atoms. The molecule has 0 heterocycles. The van der Waals surface area contributed by atoms with Crippen LogP contribution in [0.25, 0.3) is 0 Å². The van der Waals surface area contributed by atoms with Gasteiger partial charge in [0.2, 0.25) is 0 Å². The standard InChI is InChI=1S/C14H9F3N2/c15-11-2-1-10(14(17)6-11)8-19-13-4-9(7-18)3-12(16)5-13/h1-6,19H,8H2. The molecule has 96 valence electrons. The van der Waals surface area contributed by atoms with E-state index < -0.39 is 17.5 Å². The van der Waals surface area contributed by atoms with Gasteiger partial charge in [-0.1, -0.05) is 6.07 Å². The molecule has 0 aliphatic rings. The Morgan fingerprint density at radius 3 is 2.47 bits per heavy atom. The van der Waals surface area contributed by atoms with Crippen molar-refractivity contribution in [3.63, 3.8) is 0 Å². The SMILES string of the molecule is N#Cc1cc(F)cc(NCc2ccc(F)cc2F)c1. The van der Waals surface area contributed by atoms with Crippen LogP contribution in [-0.2, 0) is 6.54 Å². The lowest BCUT2D eigenvalue weighted by molar-refractivity contribution is 0.574. The van der Waals surface area contributed by atoms with Crippen molar-refractivity contribution in [1.29, 1.82) is 5.26 Å². The average Bonchev–Trinajstić information content (AvgIpc) is 2.37. The summed E-state index contributed by atoms with van der Waals surface area (Å²) in [6, 6.07) is 8.80. The van der Waals surface area contributed by atoms with Crippen LogP contribution in [0.2, 0.25) is 0 Å². The third-order valence-electron chi connectivity index (χ3n) is 2.52. The fraction of sp³-hybridized carbons (Fsp3) is 0.0714. The molecule has 19 heavy (non-hydrogen) atoms. The zero-order valence-corrected chi connectivity index (χ0v) is 9.75. The third kappa shape index (κ3) is 3.26. The van der Waals surface area contributed by atoms with Crippen LogP contribution in [0.3, 0.4) is 0 Å². The average molecular weight is 262 g/mol. The maximum Gasteiger partial charge on any atom is 0.131 e. The normalized spacial score (nSPS) is 10.0. The largest absolute Gasteiger partial charge is 0.381 e. The van der Waals surface area contributed by atoms with E-state index in [0.717, 1.165) is 18.2 Å². The molecule has 0 atom stereocenters. The molecule has 0 aliphatic heterocycles.